The van der Waals surface area contributed by atoms with E-state index in [1.54, 1.807) is 0 Å². The highest BCUT2D eigenvalue weighted by molar-refractivity contribution is 5.84. The molecule has 7 nitrogen and oxygen atoms in total. The number of carbonyl (C=O) groups excluding carboxylic acids is 2. The van der Waals surface area contributed by atoms with Gasteiger partial charge in [-0.25, -0.2) is 4.79 Å². The molecule has 24 heavy (non-hydrogen) atoms. The Morgan fingerprint density at radius 2 is 1.92 bits per heavy atom. The first-order valence-electron chi connectivity index (χ1n) is 8.57. The fraction of sp³-hybridized carbons (Fsp3) is 0.882. The van der Waals surface area contributed by atoms with Gasteiger partial charge in [-0.15, -0.1) is 0 Å². The summed E-state index contributed by atoms with van der Waals surface area (Å²) in [4.78, 5) is 23.9. The molecule has 1 aliphatic heterocycles. The van der Waals surface area contributed by atoms with Crippen LogP contribution in [0.3, 0.4) is 0 Å². The van der Waals surface area contributed by atoms with Gasteiger partial charge in [0.2, 0.25) is 5.91 Å². The van der Waals surface area contributed by atoms with Crippen molar-refractivity contribution in [3.05, 3.63) is 0 Å². The van der Waals surface area contributed by atoms with Crippen LogP contribution in [0.4, 0.5) is 0 Å². The average molecular weight is 344 g/mol. The molecule has 1 amide bonds. The summed E-state index contributed by atoms with van der Waals surface area (Å²) in [7, 11) is 1.29. The van der Waals surface area contributed by atoms with Crippen LogP contribution >= 0.6 is 0 Å². The predicted octanol–water partition coefficient (Wildman–Crippen LogP) is 0.993. The number of hydrogen-bond acceptors (Lipinski definition) is 6. The van der Waals surface area contributed by atoms with Crippen molar-refractivity contribution < 1.29 is 23.8 Å². The molecule has 0 radical (unpaired) electrons. The lowest BCUT2D eigenvalue weighted by Gasteiger charge is -2.27. The first kappa shape index (κ1) is 20.9. The van der Waals surface area contributed by atoms with Crippen LogP contribution in [-0.2, 0) is 23.8 Å². The van der Waals surface area contributed by atoms with Crippen LogP contribution in [0.15, 0.2) is 0 Å². The van der Waals surface area contributed by atoms with Crippen molar-refractivity contribution in [1.29, 1.82) is 0 Å². The van der Waals surface area contributed by atoms with E-state index in [9.17, 15) is 9.59 Å². The van der Waals surface area contributed by atoms with Crippen LogP contribution in [-0.4, -0.2) is 56.5 Å². The molecule has 140 valence electrons. The van der Waals surface area contributed by atoms with E-state index in [2.05, 4.69) is 5.32 Å². The predicted molar refractivity (Wildman–Crippen MR) is 90.4 cm³/mol. The molecule has 0 spiro atoms. The number of nitrogens with one attached hydrogen (secondary N) is 1. The minimum Gasteiger partial charge on any atom is -0.467 e. The van der Waals surface area contributed by atoms with Crippen molar-refractivity contribution >= 4 is 11.9 Å². The normalized spacial score (nSPS) is 18.7. The molecule has 7 heteroatoms. The highest BCUT2D eigenvalue weighted by Gasteiger charge is 2.26. The van der Waals surface area contributed by atoms with E-state index in [0.29, 0.717) is 12.3 Å². The zero-order chi connectivity index (χ0) is 18.2. The maximum atomic E-state index is 12.1. The Labute approximate surface area is 144 Å². The molecule has 1 heterocycles. The molecule has 1 fully saturated rings. The molecule has 3 N–H and O–H groups in total. The first-order valence-corrected chi connectivity index (χ1v) is 8.57. The Kier molecular flexibility index (Phi) is 8.66. The van der Waals surface area contributed by atoms with Crippen LogP contribution in [0.1, 0.15) is 46.5 Å². The second-order valence-electron chi connectivity index (χ2n) is 7.22. The number of methoxy groups -OCH3 is 1. The van der Waals surface area contributed by atoms with Crippen molar-refractivity contribution in [2.75, 3.05) is 26.9 Å². The monoisotopic (exact) mass is 344 g/mol. The van der Waals surface area contributed by atoms with Crippen molar-refractivity contribution in [3.63, 3.8) is 0 Å². The van der Waals surface area contributed by atoms with Crippen LogP contribution in [0.25, 0.3) is 0 Å². The quantitative estimate of drug-likeness (QED) is 0.637. The molecule has 0 aromatic rings. The third-order valence-electron chi connectivity index (χ3n) is 4.08. The van der Waals surface area contributed by atoms with Gasteiger partial charge in [-0.05, 0) is 46.0 Å². The molecule has 0 saturated carbocycles. The fourth-order valence-corrected chi connectivity index (χ4v) is 2.59. The van der Waals surface area contributed by atoms with Crippen LogP contribution in [0.5, 0.6) is 0 Å². The van der Waals surface area contributed by atoms with Gasteiger partial charge >= 0.3 is 5.97 Å². The Hall–Kier alpha value is -1.18. The van der Waals surface area contributed by atoms with Crippen molar-refractivity contribution in [3.8, 4) is 0 Å². The van der Waals surface area contributed by atoms with Crippen molar-refractivity contribution in [2.24, 2.45) is 11.7 Å². The van der Waals surface area contributed by atoms with Crippen molar-refractivity contribution in [1.82, 2.24) is 5.32 Å². The number of hydrogen-bond donors (Lipinski definition) is 2. The second-order valence-corrected chi connectivity index (χ2v) is 7.22. The molecule has 1 unspecified atom stereocenters. The Morgan fingerprint density at radius 1 is 1.29 bits per heavy atom. The van der Waals surface area contributed by atoms with Crippen molar-refractivity contribution in [2.45, 2.75) is 64.1 Å². The third kappa shape index (κ3) is 8.08. The highest BCUT2D eigenvalue weighted by Crippen LogP contribution is 2.20. The molecule has 1 rings (SSSR count). The smallest absolute Gasteiger partial charge is 0.330 e. The average Bonchev–Trinajstić information content (AvgIpc) is 2.55. The number of rotatable bonds is 8. The Balaban J connectivity index is 2.41. The SMILES string of the molecule is COC(=O)C(COC(C)(C)C)NC(=O)CC[C@H](N)C1CCOCC1. The Morgan fingerprint density at radius 3 is 2.46 bits per heavy atom. The molecule has 0 bridgehead atoms. The third-order valence-corrected chi connectivity index (χ3v) is 4.08. The molecular formula is C17H32N2O5. The zero-order valence-electron chi connectivity index (χ0n) is 15.3. The molecular weight excluding hydrogens is 312 g/mol. The van der Waals surface area contributed by atoms with Gasteiger partial charge in [0, 0.05) is 25.7 Å². The molecule has 2 atom stereocenters. The summed E-state index contributed by atoms with van der Waals surface area (Å²) in [6.45, 7) is 7.20. The van der Waals surface area contributed by atoms with E-state index in [1.807, 2.05) is 20.8 Å². The van der Waals surface area contributed by atoms with Crippen LogP contribution in [0.2, 0.25) is 0 Å². The summed E-state index contributed by atoms with van der Waals surface area (Å²) in [5.41, 5.74) is 5.78. The van der Waals surface area contributed by atoms with E-state index in [0.717, 1.165) is 26.1 Å². The van der Waals surface area contributed by atoms with Crippen LogP contribution < -0.4 is 11.1 Å². The largest absolute Gasteiger partial charge is 0.467 e. The number of carbonyl (C=O) groups is 2. The van der Waals surface area contributed by atoms with Gasteiger partial charge in [0.25, 0.3) is 0 Å². The maximum Gasteiger partial charge on any atom is 0.330 e. The lowest BCUT2D eigenvalue weighted by molar-refractivity contribution is -0.148. The first-order chi connectivity index (χ1) is 11.2. The second kappa shape index (κ2) is 9.96. The van der Waals surface area contributed by atoms with Gasteiger partial charge < -0.3 is 25.3 Å². The van der Waals surface area contributed by atoms with Gasteiger partial charge in [-0.1, -0.05) is 0 Å². The van der Waals surface area contributed by atoms with E-state index in [4.69, 9.17) is 19.9 Å². The van der Waals surface area contributed by atoms with E-state index in [1.165, 1.54) is 7.11 Å². The molecule has 1 aliphatic rings. The summed E-state index contributed by atoms with van der Waals surface area (Å²) < 4.78 is 15.6. The van der Waals surface area contributed by atoms with E-state index in [-0.39, 0.29) is 25.0 Å². The summed E-state index contributed by atoms with van der Waals surface area (Å²) >= 11 is 0. The highest BCUT2D eigenvalue weighted by atomic mass is 16.5. The molecule has 0 aromatic heterocycles. The lowest BCUT2D eigenvalue weighted by Crippen LogP contribution is -2.46. The molecule has 0 aromatic carbocycles. The van der Waals surface area contributed by atoms with E-state index >= 15 is 0 Å². The standard InChI is InChI=1S/C17H32N2O5/c1-17(2,3)24-11-14(16(21)22-4)19-15(20)6-5-13(18)12-7-9-23-10-8-12/h12-14H,5-11,18H2,1-4H3,(H,19,20)/t13-,14?/m0/s1. The number of ether oxygens (including phenoxy) is 3. The summed E-state index contributed by atoms with van der Waals surface area (Å²) in [5, 5.41) is 2.68. The fourth-order valence-electron chi connectivity index (χ4n) is 2.59. The van der Waals surface area contributed by atoms with Gasteiger partial charge in [0.1, 0.15) is 0 Å². The lowest BCUT2D eigenvalue weighted by atomic mass is 9.89. The minimum atomic E-state index is -0.805. The zero-order valence-corrected chi connectivity index (χ0v) is 15.3. The van der Waals surface area contributed by atoms with E-state index < -0.39 is 17.6 Å². The topological polar surface area (TPSA) is 99.9 Å². The van der Waals surface area contributed by atoms with Gasteiger partial charge in [-0.3, -0.25) is 4.79 Å². The summed E-state index contributed by atoms with van der Waals surface area (Å²) in [5.74, 6) is -0.334. The minimum absolute atomic E-state index is 0.0259. The summed E-state index contributed by atoms with van der Waals surface area (Å²) in [6.07, 6.45) is 2.74. The number of nitrogens with two attached hydrogens (primary N) is 1. The summed E-state index contributed by atoms with van der Waals surface area (Å²) in [6, 6.07) is -0.830. The maximum absolute atomic E-state index is 12.1. The molecule has 1 saturated heterocycles. The van der Waals surface area contributed by atoms with Gasteiger partial charge in [-0.2, -0.15) is 0 Å². The van der Waals surface area contributed by atoms with Crippen LogP contribution in [0, 0.1) is 5.92 Å². The Bertz CT molecular complexity index is 402. The molecule has 0 aliphatic carbocycles. The number of esters is 1. The van der Waals surface area contributed by atoms with Gasteiger partial charge in [0.05, 0.1) is 19.3 Å². The number of amides is 1. The van der Waals surface area contributed by atoms with Gasteiger partial charge in [0.15, 0.2) is 6.04 Å².